The molecule has 5 nitrogen and oxygen atoms in total. The maximum Gasteiger partial charge on any atom is 0.200 e. The Kier molecular flexibility index (Phi) is 2.35. The lowest BCUT2D eigenvalue weighted by Gasteiger charge is -2.06. The van der Waals surface area contributed by atoms with Gasteiger partial charge in [0.15, 0.2) is 11.3 Å². The summed E-state index contributed by atoms with van der Waals surface area (Å²) in [5, 5.41) is 19.7. The molecule has 96 valence electrons. The van der Waals surface area contributed by atoms with Crippen molar-refractivity contribution in [1.29, 1.82) is 0 Å². The zero-order valence-electron chi connectivity index (χ0n) is 10.0. The van der Waals surface area contributed by atoms with E-state index in [9.17, 15) is 15.0 Å². The number of hydrogen-bond acceptors (Lipinski definition) is 5. The Morgan fingerprint density at radius 1 is 1.11 bits per heavy atom. The molecule has 0 aliphatic rings. The van der Waals surface area contributed by atoms with Crippen LogP contribution in [0.25, 0.3) is 21.9 Å². The molecule has 19 heavy (non-hydrogen) atoms. The molecule has 0 aliphatic carbocycles. The zero-order valence-corrected chi connectivity index (χ0v) is 10.0. The molecule has 0 aliphatic heterocycles. The molecular formula is C14H10O5. The Balaban J connectivity index is 2.54. The Hall–Kier alpha value is -2.69. The maximum atomic E-state index is 12.3. The summed E-state index contributed by atoms with van der Waals surface area (Å²) in [5.41, 5.74) is 0.0705. The quantitative estimate of drug-likeness (QED) is 0.655. The lowest BCUT2D eigenvalue weighted by atomic mass is 10.1. The van der Waals surface area contributed by atoms with Crippen LogP contribution < -0.4 is 10.2 Å². The van der Waals surface area contributed by atoms with Gasteiger partial charge in [-0.2, -0.15) is 0 Å². The molecule has 3 aromatic rings. The molecule has 0 bridgehead atoms. The van der Waals surface area contributed by atoms with Crippen LogP contribution in [0.2, 0.25) is 0 Å². The van der Waals surface area contributed by atoms with Crippen LogP contribution in [-0.2, 0) is 0 Å². The van der Waals surface area contributed by atoms with Crippen LogP contribution in [0.1, 0.15) is 0 Å². The molecule has 1 heterocycles. The van der Waals surface area contributed by atoms with Crippen LogP contribution >= 0.6 is 0 Å². The number of ether oxygens (including phenoxy) is 1. The van der Waals surface area contributed by atoms with Gasteiger partial charge in [0.1, 0.15) is 17.1 Å². The summed E-state index contributed by atoms with van der Waals surface area (Å²) < 4.78 is 10.5. The predicted octanol–water partition coefficient (Wildman–Crippen LogP) is 2.37. The summed E-state index contributed by atoms with van der Waals surface area (Å²) in [6.07, 6.45) is 0. The molecule has 0 saturated heterocycles. The molecule has 0 spiro atoms. The molecule has 2 aromatic carbocycles. The van der Waals surface area contributed by atoms with E-state index in [1.54, 1.807) is 0 Å². The van der Waals surface area contributed by atoms with Crippen molar-refractivity contribution in [3.8, 4) is 17.2 Å². The van der Waals surface area contributed by atoms with Gasteiger partial charge in [-0.1, -0.05) is 0 Å². The molecule has 0 radical (unpaired) electrons. The summed E-state index contributed by atoms with van der Waals surface area (Å²) in [5.74, 6) is 0.171. The van der Waals surface area contributed by atoms with E-state index < -0.39 is 0 Å². The van der Waals surface area contributed by atoms with E-state index in [-0.39, 0.29) is 33.3 Å². The molecule has 5 heteroatoms. The van der Waals surface area contributed by atoms with Crippen molar-refractivity contribution in [3.05, 3.63) is 40.6 Å². The van der Waals surface area contributed by atoms with Crippen molar-refractivity contribution in [1.82, 2.24) is 0 Å². The van der Waals surface area contributed by atoms with Gasteiger partial charge in [-0.15, -0.1) is 0 Å². The van der Waals surface area contributed by atoms with Gasteiger partial charge >= 0.3 is 0 Å². The van der Waals surface area contributed by atoms with Crippen molar-refractivity contribution in [3.63, 3.8) is 0 Å². The smallest absolute Gasteiger partial charge is 0.200 e. The second-order valence-electron chi connectivity index (χ2n) is 4.13. The van der Waals surface area contributed by atoms with Crippen LogP contribution in [0.3, 0.4) is 0 Å². The molecule has 3 rings (SSSR count). The van der Waals surface area contributed by atoms with E-state index in [0.29, 0.717) is 11.3 Å². The normalized spacial score (nSPS) is 11.0. The molecule has 0 saturated carbocycles. The van der Waals surface area contributed by atoms with Gasteiger partial charge in [0.05, 0.1) is 17.9 Å². The molecule has 1 aromatic heterocycles. The van der Waals surface area contributed by atoms with Gasteiger partial charge in [0, 0.05) is 6.07 Å². The van der Waals surface area contributed by atoms with Crippen LogP contribution in [0.15, 0.2) is 39.5 Å². The summed E-state index contributed by atoms with van der Waals surface area (Å²) >= 11 is 0. The predicted molar refractivity (Wildman–Crippen MR) is 69.9 cm³/mol. The average Bonchev–Trinajstić information content (AvgIpc) is 2.40. The first kappa shape index (κ1) is 11.4. The van der Waals surface area contributed by atoms with Gasteiger partial charge in [-0.3, -0.25) is 4.79 Å². The Morgan fingerprint density at radius 3 is 2.63 bits per heavy atom. The highest BCUT2D eigenvalue weighted by Gasteiger charge is 2.13. The zero-order chi connectivity index (χ0) is 13.6. The Labute approximate surface area is 107 Å². The Morgan fingerprint density at radius 2 is 1.89 bits per heavy atom. The van der Waals surface area contributed by atoms with Crippen molar-refractivity contribution < 1.29 is 19.4 Å². The minimum absolute atomic E-state index is 0.0220. The highest BCUT2D eigenvalue weighted by atomic mass is 16.5. The number of phenols is 2. The first-order chi connectivity index (χ1) is 9.10. The van der Waals surface area contributed by atoms with E-state index in [4.69, 9.17) is 9.15 Å². The Bertz CT molecular complexity index is 848. The van der Waals surface area contributed by atoms with Crippen molar-refractivity contribution in [2.75, 3.05) is 7.11 Å². The average molecular weight is 258 g/mol. The number of phenolic OH excluding ortho intramolecular Hbond substituents is 2. The highest BCUT2D eigenvalue weighted by molar-refractivity contribution is 5.93. The fourth-order valence-electron chi connectivity index (χ4n) is 2.02. The molecule has 0 fully saturated rings. The fourth-order valence-corrected chi connectivity index (χ4v) is 2.02. The topological polar surface area (TPSA) is 79.9 Å². The summed E-state index contributed by atoms with van der Waals surface area (Å²) in [6, 6.07) is 7.09. The third kappa shape index (κ3) is 1.67. The van der Waals surface area contributed by atoms with E-state index in [1.165, 1.54) is 37.4 Å². The second-order valence-corrected chi connectivity index (χ2v) is 4.13. The van der Waals surface area contributed by atoms with Crippen LogP contribution in [-0.4, -0.2) is 17.3 Å². The molecular weight excluding hydrogens is 248 g/mol. The van der Waals surface area contributed by atoms with E-state index in [2.05, 4.69) is 0 Å². The minimum Gasteiger partial charge on any atom is -0.508 e. The number of aromatic hydroxyl groups is 2. The second kappa shape index (κ2) is 3.91. The van der Waals surface area contributed by atoms with Crippen LogP contribution in [0, 0.1) is 0 Å². The molecule has 0 unspecified atom stereocenters. The summed E-state index contributed by atoms with van der Waals surface area (Å²) in [7, 11) is 1.44. The third-order valence-electron chi connectivity index (χ3n) is 2.94. The monoisotopic (exact) mass is 258 g/mol. The van der Waals surface area contributed by atoms with Crippen LogP contribution in [0.4, 0.5) is 0 Å². The largest absolute Gasteiger partial charge is 0.508 e. The number of hydrogen-bond donors (Lipinski definition) is 2. The highest BCUT2D eigenvalue weighted by Crippen LogP contribution is 2.31. The first-order valence-electron chi connectivity index (χ1n) is 5.56. The number of rotatable bonds is 1. The molecule has 0 atom stereocenters. The minimum atomic E-state index is -0.332. The molecule has 2 N–H and O–H groups in total. The lowest BCUT2D eigenvalue weighted by molar-refractivity contribution is 0.407. The van der Waals surface area contributed by atoms with Gasteiger partial charge in [-0.25, -0.2) is 0 Å². The van der Waals surface area contributed by atoms with Gasteiger partial charge in [0.25, 0.3) is 0 Å². The molecule has 0 amide bonds. The first-order valence-corrected chi connectivity index (χ1v) is 5.56. The number of methoxy groups -OCH3 is 1. The van der Waals surface area contributed by atoms with E-state index in [0.717, 1.165) is 0 Å². The third-order valence-corrected chi connectivity index (χ3v) is 2.94. The van der Waals surface area contributed by atoms with E-state index >= 15 is 0 Å². The number of fused-ring (bicyclic) bond motifs is 2. The summed E-state index contributed by atoms with van der Waals surface area (Å²) in [6.45, 7) is 0. The standard InChI is InChI=1S/C14H10O5/c1-18-8-5-10-13(17)9-4-7(15)2-3-12(9)19-14(10)11(16)6-8/h2-6,15-16H,1H3. The lowest BCUT2D eigenvalue weighted by Crippen LogP contribution is -2.02. The van der Waals surface area contributed by atoms with Crippen molar-refractivity contribution >= 4 is 21.9 Å². The van der Waals surface area contributed by atoms with Gasteiger partial charge in [-0.05, 0) is 24.3 Å². The van der Waals surface area contributed by atoms with Crippen molar-refractivity contribution in [2.45, 2.75) is 0 Å². The summed E-state index contributed by atoms with van der Waals surface area (Å²) in [4.78, 5) is 12.3. The fraction of sp³-hybridized carbons (Fsp3) is 0.0714. The van der Waals surface area contributed by atoms with Gasteiger partial charge in [0.2, 0.25) is 5.43 Å². The van der Waals surface area contributed by atoms with Gasteiger partial charge < -0.3 is 19.4 Å². The SMILES string of the molecule is COc1cc(O)c2oc3ccc(O)cc3c(=O)c2c1. The number of benzene rings is 2. The maximum absolute atomic E-state index is 12.3. The van der Waals surface area contributed by atoms with Crippen LogP contribution in [0.5, 0.6) is 17.2 Å². The van der Waals surface area contributed by atoms with E-state index in [1.807, 2.05) is 0 Å². The van der Waals surface area contributed by atoms with Crippen molar-refractivity contribution in [2.24, 2.45) is 0 Å².